The Kier molecular flexibility index (Phi) is 7.39. The van der Waals surface area contributed by atoms with E-state index in [0.717, 1.165) is 37.4 Å². The SMILES string of the molecule is COc1cc(-c2nnc(SCC(=O)NC(=O)NC3CCCC3)o2)cc(OC)c1OC. The van der Waals surface area contributed by atoms with Crippen LogP contribution in [-0.2, 0) is 4.79 Å². The number of aromatic nitrogens is 2. The Balaban J connectivity index is 1.58. The smallest absolute Gasteiger partial charge is 0.321 e. The van der Waals surface area contributed by atoms with Crippen LogP contribution in [0.25, 0.3) is 11.5 Å². The van der Waals surface area contributed by atoms with Crippen molar-refractivity contribution in [1.29, 1.82) is 0 Å². The average Bonchev–Trinajstić information content (AvgIpc) is 3.43. The summed E-state index contributed by atoms with van der Waals surface area (Å²) < 4.78 is 21.5. The van der Waals surface area contributed by atoms with Gasteiger partial charge in [0.05, 0.1) is 27.1 Å². The second-order valence-electron chi connectivity index (χ2n) is 6.58. The number of hydrogen-bond acceptors (Lipinski definition) is 9. The third-order valence-electron chi connectivity index (χ3n) is 4.59. The first-order chi connectivity index (χ1) is 14.5. The first-order valence-electron chi connectivity index (χ1n) is 9.41. The Morgan fingerprint density at radius 2 is 1.77 bits per heavy atom. The first-order valence-corrected chi connectivity index (χ1v) is 10.4. The van der Waals surface area contributed by atoms with Gasteiger partial charge in [-0.3, -0.25) is 10.1 Å². The molecule has 2 aromatic rings. The van der Waals surface area contributed by atoms with E-state index in [4.69, 9.17) is 18.6 Å². The van der Waals surface area contributed by atoms with Gasteiger partial charge in [0.2, 0.25) is 17.5 Å². The van der Waals surface area contributed by atoms with E-state index in [9.17, 15) is 9.59 Å². The molecule has 0 radical (unpaired) electrons. The fourth-order valence-electron chi connectivity index (χ4n) is 3.17. The summed E-state index contributed by atoms with van der Waals surface area (Å²) in [7, 11) is 4.54. The van der Waals surface area contributed by atoms with Gasteiger partial charge in [0.25, 0.3) is 5.22 Å². The second kappa shape index (κ2) is 10.2. The van der Waals surface area contributed by atoms with Gasteiger partial charge in [0.15, 0.2) is 11.5 Å². The zero-order valence-electron chi connectivity index (χ0n) is 17.0. The van der Waals surface area contributed by atoms with Gasteiger partial charge in [-0.05, 0) is 25.0 Å². The largest absolute Gasteiger partial charge is 0.493 e. The topological polar surface area (TPSA) is 125 Å². The number of methoxy groups -OCH3 is 3. The zero-order valence-corrected chi connectivity index (χ0v) is 17.8. The minimum Gasteiger partial charge on any atom is -0.493 e. The molecule has 0 aliphatic heterocycles. The summed E-state index contributed by atoms with van der Waals surface area (Å²) in [6.45, 7) is 0. The summed E-state index contributed by atoms with van der Waals surface area (Å²) in [5.74, 6) is 1.11. The molecule has 1 fully saturated rings. The lowest BCUT2D eigenvalue weighted by molar-refractivity contribution is -0.117. The number of urea groups is 1. The minimum atomic E-state index is -0.476. The summed E-state index contributed by atoms with van der Waals surface area (Å²) in [6, 6.07) is 3.03. The van der Waals surface area contributed by atoms with Crippen molar-refractivity contribution < 1.29 is 28.2 Å². The van der Waals surface area contributed by atoms with E-state index >= 15 is 0 Å². The number of nitrogens with one attached hydrogen (secondary N) is 2. The van der Waals surface area contributed by atoms with Gasteiger partial charge in [-0.15, -0.1) is 10.2 Å². The number of imide groups is 1. The summed E-state index contributed by atoms with van der Waals surface area (Å²) in [5.41, 5.74) is 0.573. The highest BCUT2D eigenvalue weighted by molar-refractivity contribution is 7.99. The zero-order chi connectivity index (χ0) is 21.5. The molecule has 0 spiro atoms. The van der Waals surface area contributed by atoms with Gasteiger partial charge < -0.3 is 23.9 Å². The standard InChI is InChI=1S/C19H24N4O6S/c1-26-13-8-11(9-14(27-2)16(13)28-3)17-22-23-19(29-17)30-10-15(24)21-18(25)20-12-6-4-5-7-12/h8-9,12H,4-7,10H2,1-3H3,(H2,20,21,24,25). The quantitative estimate of drug-likeness (QED) is 0.601. The molecule has 1 heterocycles. The lowest BCUT2D eigenvalue weighted by Gasteiger charge is -2.12. The molecule has 1 aliphatic carbocycles. The van der Waals surface area contributed by atoms with E-state index in [1.807, 2.05) is 0 Å². The predicted molar refractivity (Wildman–Crippen MR) is 109 cm³/mol. The Morgan fingerprint density at radius 1 is 1.10 bits per heavy atom. The molecule has 1 aliphatic rings. The van der Waals surface area contributed by atoms with Crippen molar-refractivity contribution in [1.82, 2.24) is 20.8 Å². The highest BCUT2D eigenvalue weighted by atomic mass is 32.2. The van der Waals surface area contributed by atoms with E-state index in [0.29, 0.717) is 22.8 Å². The maximum Gasteiger partial charge on any atom is 0.321 e. The first kappa shape index (κ1) is 21.8. The van der Waals surface area contributed by atoms with Gasteiger partial charge in [0, 0.05) is 11.6 Å². The third-order valence-corrected chi connectivity index (χ3v) is 5.41. The molecule has 0 unspecified atom stereocenters. The van der Waals surface area contributed by atoms with Crippen molar-refractivity contribution in [2.24, 2.45) is 0 Å². The number of benzene rings is 1. The normalized spacial score (nSPS) is 13.7. The van der Waals surface area contributed by atoms with Crippen LogP contribution in [-0.4, -0.2) is 55.3 Å². The monoisotopic (exact) mass is 436 g/mol. The molecule has 3 rings (SSSR count). The predicted octanol–water partition coefficient (Wildman–Crippen LogP) is 2.62. The van der Waals surface area contributed by atoms with Crippen LogP contribution in [0.5, 0.6) is 17.2 Å². The summed E-state index contributed by atoms with van der Waals surface area (Å²) in [4.78, 5) is 23.8. The van der Waals surface area contributed by atoms with Gasteiger partial charge >= 0.3 is 6.03 Å². The number of amides is 3. The molecule has 0 atom stereocenters. The lowest BCUT2D eigenvalue weighted by Crippen LogP contribution is -2.44. The van der Waals surface area contributed by atoms with Crippen molar-refractivity contribution in [2.45, 2.75) is 36.9 Å². The Hall–Kier alpha value is -2.95. The van der Waals surface area contributed by atoms with E-state index < -0.39 is 11.9 Å². The number of rotatable bonds is 8. The number of carbonyl (C=O) groups excluding carboxylic acids is 2. The summed E-state index contributed by atoms with van der Waals surface area (Å²) in [5, 5.41) is 13.2. The number of hydrogen-bond donors (Lipinski definition) is 2. The molecule has 1 aromatic carbocycles. The van der Waals surface area contributed by atoms with Gasteiger partial charge in [-0.2, -0.15) is 0 Å². The third kappa shape index (κ3) is 5.35. The van der Waals surface area contributed by atoms with Gasteiger partial charge in [-0.25, -0.2) is 4.79 Å². The van der Waals surface area contributed by atoms with Crippen molar-refractivity contribution in [2.75, 3.05) is 27.1 Å². The van der Waals surface area contributed by atoms with Gasteiger partial charge in [0.1, 0.15) is 0 Å². The van der Waals surface area contributed by atoms with E-state index in [-0.39, 0.29) is 22.9 Å². The Bertz CT molecular complexity index is 872. The second-order valence-corrected chi connectivity index (χ2v) is 7.51. The number of ether oxygens (including phenoxy) is 3. The van der Waals surface area contributed by atoms with Crippen LogP contribution in [0.15, 0.2) is 21.8 Å². The fraction of sp³-hybridized carbons (Fsp3) is 0.474. The van der Waals surface area contributed by atoms with Crippen LogP contribution in [0, 0.1) is 0 Å². The van der Waals surface area contributed by atoms with Crippen LogP contribution >= 0.6 is 11.8 Å². The summed E-state index contributed by atoms with van der Waals surface area (Å²) in [6.07, 6.45) is 4.09. The minimum absolute atomic E-state index is 0.0328. The lowest BCUT2D eigenvalue weighted by atomic mass is 10.2. The molecule has 3 amide bonds. The van der Waals surface area contributed by atoms with Crippen LogP contribution in [0.2, 0.25) is 0 Å². The van der Waals surface area contributed by atoms with E-state index in [1.165, 1.54) is 21.3 Å². The molecule has 30 heavy (non-hydrogen) atoms. The van der Waals surface area contributed by atoms with Crippen LogP contribution in [0.1, 0.15) is 25.7 Å². The Morgan fingerprint density at radius 3 is 2.37 bits per heavy atom. The molecule has 10 nitrogen and oxygen atoms in total. The maximum atomic E-state index is 12.0. The molecule has 1 aromatic heterocycles. The number of carbonyl (C=O) groups is 2. The molecule has 0 saturated heterocycles. The fourth-order valence-corrected chi connectivity index (χ4v) is 3.73. The van der Waals surface area contributed by atoms with E-state index in [2.05, 4.69) is 20.8 Å². The van der Waals surface area contributed by atoms with Gasteiger partial charge in [-0.1, -0.05) is 24.6 Å². The van der Waals surface area contributed by atoms with Crippen LogP contribution < -0.4 is 24.8 Å². The molecular formula is C19H24N4O6S. The van der Waals surface area contributed by atoms with Crippen LogP contribution in [0.4, 0.5) is 4.79 Å². The van der Waals surface area contributed by atoms with Crippen molar-refractivity contribution in [3.05, 3.63) is 12.1 Å². The van der Waals surface area contributed by atoms with Crippen LogP contribution in [0.3, 0.4) is 0 Å². The van der Waals surface area contributed by atoms with Crippen molar-refractivity contribution >= 4 is 23.7 Å². The molecule has 0 bridgehead atoms. The molecule has 2 N–H and O–H groups in total. The highest BCUT2D eigenvalue weighted by Crippen LogP contribution is 2.41. The molecular weight excluding hydrogens is 412 g/mol. The van der Waals surface area contributed by atoms with Crippen molar-refractivity contribution in [3.63, 3.8) is 0 Å². The average molecular weight is 436 g/mol. The molecule has 11 heteroatoms. The van der Waals surface area contributed by atoms with Crippen molar-refractivity contribution in [3.8, 4) is 28.7 Å². The number of thioether (sulfide) groups is 1. The maximum absolute atomic E-state index is 12.0. The number of nitrogens with zero attached hydrogens (tertiary/aromatic N) is 2. The molecule has 1 saturated carbocycles. The Labute approximate surface area is 178 Å². The highest BCUT2D eigenvalue weighted by Gasteiger charge is 2.20. The summed E-state index contributed by atoms with van der Waals surface area (Å²) >= 11 is 1.04. The van der Waals surface area contributed by atoms with E-state index in [1.54, 1.807) is 12.1 Å². The molecule has 162 valence electrons.